The number of aryl methyl sites for hydroxylation is 2. The highest BCUT2D eigenvalue weighted by Crippen LogP contribution is 2.41. The van der Waals surface area contributed by atoms with Crippen LogP contribution in [0, 0.1) is 0 Å². The number of carbonyl (C=O) groups is 2. The number of benzene rings is 3. The molecule has 1 aromatic heterocycles. The zero-order chi connectivity index (χ0) is 23.1. The maximum absolute atomic E-state index is 13.7. The molecule has 1 aliphatic carbocycles. The Morgan fingerprint density at radius 1 is 0.882 bits per heavy atom. The Labute approximate surface area is 201 Å². The first-order valence-electron chi connectivity index (χ1n) is 11.5. The molecule has 6 heteroatoms. The summed E-state index contributed by atoms with van der Waals surface area (Å²) >= 11 is 1.44. The van der Waals surface area contributed by atoms with E-state index in [0.717, 1.165) is 40.1 Å². The van der Waals surface area contributed by atoms with Gasteiger partial charge < -0.3 is 10.6 Å². The van der Waals surface area contributed by atoms with Crippen molar-refractivity contribution >= 4 is 34.0 Å². The lowest BCUT2D eigenvalue weighted by atomic mass is 9.87. The van der Waals surface area contributed by atoms with Crippen LogP contribution in [0.15, 0.2) is 79.0 Å². The minimum atomic E-state index is -0.386. The van der Waals surface area contributed by atoms with Gasteiger partial charge in [0.05, 0.1) is 5.92 Å². The molecule has 3 aromatic carbocycles. The van der Waals surface area contributed by atoms with Crippen LogP contribution in [0.1, 0.15) is 51.0 Å². The second kappa shape index (κ2) is 8.54. The third kappa shape index (κ3) is 3.70. The van der Waals surface area contributed by atoms with Crippen LogP contribution in [-0.2, 0) is 22.4 Å². The molecular formula is C28H23N3O2S. The van der Waals surface area contributed by atoms with E-state index in [1.807, 2.05) is 48.5 Å². The Hall–Kier alpha value is -3.77. The van der Waals surface area contributed by atoms with E-state index in [0.29, 0.717) is 11.6 Å². The molecular weight excluding hydrogens is 442 g/mol. The SMILES string of the molecule is O=C1CC(c2cnc(NC(=O)C3c4ccccc4CCc4ccccc43)s2)c2ccccc2N1. The topological polar surface area (TPSA) is 71.1 Å². The normalized spacial score (nSPS) is 17.1. The molecule has 5 nitrogen and oxygen atoms in total. The monoisotopic (exact) mass is 465 g/mol. The summed E-state index contributed by atoms with van der Waals surface area (Å²) in [7, 11) is 0. The molecule has 1 unspecified atom stereocenters. The van der Waals surface area contributed by atoms with E-state index in [-0.39, 0.29) is 23.7 Å². The van der Waals surface area contributed by atoms with Gasteiger partial charge in [-0.3, -0.25) is 9.59 Å². The summed E-state index contributed by atoms with van der Waals surface area (Å²) in [6.07, 6.45) is 3.99. The largest absolute Gasteiger partial charge is 0.326 e. The van der Waals surface area contributed by atoms with Gasteiger partial charge in [-0.25, -0.2) is 4.98 Å². The summed E-state index contributed by atoms with van der Waals surface area (Å²) in [5, 5.41) is 6.58. The Morgan fingerprint density at radius 2 is 1.50 bits per heavy atom. The van der Waals surface area contributed by atoms with Crippen molar-refractivity contribution in [3.63, 3.8) is 0 Å². The third-order valence-electron chi connectivity index (χ3n) is 6.76. The minimum Gasteiger partial charge on any atom is -0.326 e. The predicted molar refractivity (Wildman–Crippen MR) is 134 cm³/mol. The van der Waals surface area contributed by atoms with Crippen molar-refractivity contribution in [2.75, 3.05) is 10.6 Å². The lowest BCUT2D eigenvalue weighted by molar-refractivity contribution is -0.117. The van der Waals surface area contributed by atoms with Crippen molar-refractivity contribution in [3.05, 3.63) is 112 Å². The van der Waals surface area contributed by atoms with Crippen LogP contribution in [0.5, 0.6) is 0 Å². The van der Waals surface area contributed by atoms with E-state index < -0.39 is 0 Å². The molecule has 0 spiro atoms. The first-order chi connectivity index (χ1) is 16.7. The van der Waals surface area contributed by atoms with Crippen LogP contribution >= 0.6 is 11.3 Å². The highest BCUT2D eigenvalue weighted by atomic mass is 32.1. The summed E-state index contributed by atoms with van der Waals surface area (Å²) in [5.41, 5.74) is 6.45. The number of carbonyl (C=O) groups excluding carboxylic acids is 2. The fourth-order valence-corrected chi connectivity index (χ4v) is 6.09. The number of anilines is 2. The number of thiazole rings is 1. The number of hydrogen-bond acceptors (Lipinski definition) is 4. The van der Waals surface area contributed by atoms with Gasteiger partial charge in [-0.2, -0.15) is 0 Å². The summed E-state index contributed by atoms with van der Waals surface area (Å²) < 4.78 is 0. The van der Waals surface area contributed by atoms with Gasteiger partial charge in [0.15, 0.2) is 5.13 Å². The highest BCUT2D eigenvalue weighted by molar-refractivity contribution is 7.15. The minimum absolute atomic E-state index is 0.00523. The van der Waals surface area contributed by atoms with Crippen molar-refractivity contribution in [2.45, 2.75) is 31.1 Å². The Morgan fingerprint density at radius 3 is 2.21 bits per heavy atom. The van der Waals surface area contributed by atoms with Crippen molar-refractivity contribution < 1.29 is 9.59 Å². The first-order valence-corrected chi connectivity index (χ1v) is 12.3. The molecule has 34 heavy (non-hydrogen) atoms. The molecule has 1 aliphatic heterocycles. The Balaban J connectivity index is 1.32. The van der Waals surface area contributed by atoms with Gasteiger partial charge in [-0.05, 0) is 46.7 Å². The van der Waals surface area contributed by atoms with E-state index in [4.69, 9.17) is 0 Å². The molecule has 4 aromatic rings. The molecule has 0 saturated heterocycles. The molecule has 1 atom stereocenters. The summed E-state index contributed by atoms with van der Waals surface area (Å²) in [6.45, 7) is 0. The molecule has 2 heterocycles. The van der Waals surface area contributed by atoms with E-state index in [9.17, 15) is 9.59 Å². The molecule has 0 fully saturated rings. The lowest BCUT2D eigenvalue weighted by Gasteiger charge is -2.24. The summed E-state index contributed by atoms with van der Waals surface area (Å²) in [5.74, 6) is -0.533. The van der Waals surface area contributed by atoms with Crippen molar-refractivity contribution in [2.24, 2.45) is 0 Å². The molecule has 2 aliphatic rings. The van der Waals surface area contributed by atoms with E-state index >= 15 is 0 Å². The molecule has 6 rings (SSSR count). The average Bonchev–Trinajstić information content (AvgIpc) is 3.24. The number of rotatable bonds is 3. The molecule has 0 saturated carbocycles. The van der Waals surface area contributed by atoms with Crippen molar-refractivity contribution in [3.8, 4) is 0 Å². The fraction of sp³-hybridized carbons (Fsp3) is 0.179. The average molecular weight is 466 g/mol. The number of amides is 2. The number of nitrogens with one attached hydrogen (secondary N) is 2. The Bertz CT molecular complexity index is 1360. The van der Waals surface area contributed by atoms with E-state index in [1.54, 1.807) is 6.20 Å². The number of nitrogens with zero attached hydrogens (tertiary/aromatic N) is 1. The van der Waals surface area contributed by atoms with Crippen LogP contribution in [0.4, 0.5) is 10.8 Å². The molecule has 2 amide bonds. The van der Waals surface area contributed by atoms with Gasteiger partial charge in [0, 0.05) is 29.1 Å². The predicted octanol–water partition coefficient (Wildman–Crippen LogP) is 5.49. The Kier molecular flexibility index (Phi) is 5.23. The van der Waals surface area contributed by atoms with Crippen LogP contribution in [0.2, 0.25) is 0 Å². The number of fused-ring (bicyclic) bond motifs is 3. The van der Waals surface area contributed by atoms with Crippen LogP contribution in [-0.4, -0.2) is 16.8 Å². The maximum atomic E-state index is 13.7. The van der Waals surface area contributed by atoms with Crippen molar-refractivity contribution in [1.29, 1.82) is 0 Å². The van der Waals surface area contributed by atoms with Gasteiger partial charge in [-0.1, -0.05) is 66.7 Å². The van der Waals surface area contributed by atoms with Gasteiger partial charge in [0.1, 0.15) is 0 Å². The molecule has 2 N–H and O–H groups in total. The van der Waals surface area contributed by atoms with Crippen LogP contribution in [0.25, 0.3) is 0 Å². The molecule has 0 bridgehead atoms. The second-order valence-corrected chi connectivity index (χ2v) is 9.84. The third-order valence-corrected chi connectivity index (χ3v) is 7.78. The zero-order valence-electron chi connectivity index (χ0n) is 18.5. The van der Waals surface area contributed by atoms with Gasteiger partial charge in [0.2, 0.25) is 11.8 Å². The number of aromatic nitrogens is 1. The molecule has 0 radical (unpaired) electrons. The smallest absolute Gasteiger partial charge is 0.238 e. The highest BCUT2D eigenvalue weighted by Gasteiger charge is 2.31. The maximum Gasteiger partial charge on any atom is 0.238 e. The lowest BCUT2D eigenvalue weighted by Crippen LogP contribution is -2.23. The second-order valence-electron chi connectivity index (χ2n) is 8.78. The first kappa shape index (κ1) is 20.8. The van der Waals surface area contributed by atoms with Gasteiger partial charge in [-0.15, -0.1) is 11.3 Å². The van der Waals surface area contributed by atoms with Gasteiger partial charge >= 0.3 is 0 Å². The van der Waals surface area contributed by atoms with Crippen molar-refractivity contribution in [1.82, 2.24) is 4.98 Å². The standard InChI is InChI=1S/C28H23N3O2S/c32-25-15-22(21-11-5-6-12-23(21)30-25)24-16-29-28(34-24)31-27(33)26-19-9-3-1-7-17(19)13-14-18-8-2-4-10-20(18)26/h1-12,16,22,26H,13-15H2,(H,30,32)(H,29,31,33). The number of para-hydroxylation sites is 1. The summed E-state index contributed by atoms with van der Waals surface area (Å²) in [6, 6.07) is 24.3. The molecule has 168 valence electrons. The van der Waals surface area contributed by atoms with E-state index in [2.05, 4.69) is 39.9 Å². The zero-order valence-corrected chi connectivity index (χ0v) is 19.3. The van der Waals surface area contributed by atoms with E-state index in [1.165, 1.54) is 22.5 Å². The fourth-order valence-electron chi connectivity index (χ4n) is 5.15. The van der Waals surface area contributed by atoms with Gasteiger partial charge in [0.25, 0.3) is 0 Å². The quantitative estimate of drug-likeness (QED) is 0.421. The summed E-state index contributed by atoms with van der Waals surface area (Å²) in [4.78, 5) is 31.4. The van der Waals surface area contributed by atoms with Crippen LogP contribution in [0.3, 0.4) is 0 Å². The van der Waals surface area contributed by atoms with Crippen LogP contribution < -0.4 is 10.6 Å². The number of hydrogen-bond donors (Lipinski definition) is 2.